The summed E-state index contributed by atoms with van der Waals surface area (Å²) in [5.41, 5.74) is 7.77. The lowest BCUT2D eigenvalue weighted by Crippen LogP contribution is -2.40. The van der Waals surface area contributed by atoms with Crippen molar-refractivity contribution in [1.82, 2.24) is 15.3 Å². The Morgan fingerprint density at radius 1 is 1.08 bits per heavy atom. The standard InChI is InChI=1S/C20H22N4/c21-11-10-20(9-3-12-23-20)19-22-13-8-18(24-19)17-7-6-15-4-1-2-5-16(15)14-17/h1-2,4-8,13-14,23H,3,9-12,21H2/t20-/m0/s1. The molecule has 122 valence electrons. The van der Waals surface area contributed by atoms with Gasteiger partial charge in [0.15, 0.2) is 0 Å². The van der Waals surface area contributed by atoms with Crippen LogP contribution in [-0.2, 0) is 5.54 Å². The van der Waals surface area contributed by atoms with E-state index in [9.17, 15) is 0 Å². The molecule has 0 bridgehead atoms. The van der Waals surface area contributed by atoms with Crippen molar-refractivity contribution in [1.29, 1.82) is 0 Å². The van der Waals surface area contributed by atoms with Gasteiger partial charge < -0.3 is 11.1 Å². The smallest absolute Gasteiger partial charge is 0.149 e. The lowest BCUT2D eigenvalue weighted by molar-refractivity contribution is 0.343. The molecule has 1 saturated heterocycles. The molecule has 1 aliphatic rings. The Hall–Kier alpha value is -2.30. The third-order valence-electron chi connectivity index (χ3n) is 4.94. The van der Waals surface area contributed by atoms with Gasteiger partial charge >= 0.3 is 0 Å². The van der Waals surface area contributed by atoms with Gasteiger partial charge in [0.25, 0.3) is 0 Å². The van der Waals surface area contributed by atoms with Crippen molar-refractivity contribution in [2.45, 2.75) is 24.8 Å². The number of hydrogen-bond donors (Lipinski definition) is 2. The van der Waals surface area contributed by atoms with E-state index in [1.807, 2.05) is 12.3 Å². The van der Waals surface area contributed by atoms with E-state index in [0.717, 1.165) is 42.9 Å². The lowest BCUT2D eigenvalue weighted by Gasteiger charge is -2.27. The molecule has 24 heavy (non-hydrogen) atoms. The quantitative estimate of drug-likeness (QED) is 0.775. The average Bonchev–Trinajstić information content (AvgIpc) is 3.12. The minimum Gasteiger partial charge on any atom is -0.330 e. The van der Waals surface area contributed by atoms with Crippen LogP contribution >= 0.6 is 0 Å². The van der Waals surface area contributed by atoms with Crippen LogP contribution in [-0.4, -0.2) is 23.1 Å². The fraction of sp³-hybridized carbons (Fsp3) is 0.300. The van der Waals surface area contributed by atoms with Gasteiger partial charge in [-0.3, -0.25) is 0 Å². The summed E-state index contributed by atoms with van der Waals surface area (Å²) in [6.45, 7) is 1.64. The molecule has 3 aromatic rings. The minimum atomic E-state index is -0.165. The van der Waals surface area contributed by atoms with E-state index in [0.29, 0.717) is 6.54 Å². The molecule has 0 spiro atoms. The van der Waals surface area contributed by atoms with Crippen molar-refractivity contribution >= 4 is 10.8 Å². The zero-order chi connectivity index (χ0) is 16.4. The number of hydrogen-bond acceptors (Lipinski definition) is 4. The van der Waals surface area contributed by atoms with Crippen LogP contribution < -0.4 is 11.1 Å². The second-order valence-electron chi connectivity index (χ2n) is 6.48. The first-order valence-corrected chi connectivity index (χ1v) is 8.59. The first-order chi connectivity index (χ1) is 11.8. The number of fused-ring (bicyclic) bond motifs is 1. The Labute approximate surface area is 142 Å². The molecule has 0 unspecified atom stereocenters. The molecular formula is C20H22N4. The van der Waals surface area contributed by atoms with E-state index in [4.69, 9.17) is 10.7 Å². The third-order valence-corrected chi connectivity index (χ3v) is 4.94. The summed E-state index contributed by atoms with van der Waals surface area (Å²) >= 11 is 0. The Balaban J connectivity index is 1.76. The summed E-state index contributed by atoms with van der Waals surface area (Å²) in [5.74, 6) is 0.871. The third kappa shape index (κ3) is 2.68. The van der Waals surface area contributed by atoms with Crippen molar-refractivity contribution in [3.05, 3.63) is 60.6 Å². The largest absolute Gasteiger partial charge is 0.330 e. The first kappa shape index (κ1) is 15.2. The summed E-state index contributed by atoms with van der Waals surface area (Å²) in [6, 6.07) is 16.8. The van der Waals surface area contributed by atoms with Gasteiger partial charge in [-0.2, -0.15) is 0 Å². The highest BCUT2D eigenvalue weighted by Crippen LogP contribution is 2.32. The summed E-state index contributed by atoms with van der Waals surface area (Å²) in [7, 11) is 0. The van der Waals surface area contributed by atoms with Crippen LogP contribution in [0.3, 0.4) is 0 Å². The van der Waals surface area contributed by atoms with Crippen LogP contribution in [0.5, 0.6) is 0 Å². The first-order valence-electron chi connectivity index (χ1n) is 8.59. The highest BCUT2D eigenvalue weighted by atomic mass is 15.1. The predicted molar refractivity (Wildman–Crippen MR) is 97.6 cm³/mol. The van der Waals surface area contributed by atoms with Gasteiger partial charge in [-0.05, 0) is 55.3 Å². The summed E-state index contributed by atoms with van der Waals surface area (Å²) < 4.78 is 0. The van der Waals surface area contributed by atoms with Gasteiger partial charge in [-0.25, -0.2) is 9.97 Å². The number of aromatic nitrogens is 2. The SMILES string of the molecule is NCC[C@]1(c2nccc(-c3ccc4ccccc4c3)n2)CCCN1. The molecule has 4 rings (SSSR count). The van der Waals surface area contributed by atoms with Crippen LogP contribution in [0.4, 0.5) is 0 Å². The molecule has 4 heteroatoms. The zero-order valence-corrected chi connectivity index (χ0v) is 13.7. The molecule has 1 aromatic heterocycles. The molecule has 2 heterocycles. The molecular weight excluding hydrogens is 296 g/mol. The number of benzene rings is 2. The topological polar surface area (TPSA) is 63.8 Å². The lowest BCUT2D eigenvalue weighted by atomic mass is 9.92. The number of rotatable bonds is 4. The predicted octanol–water partition coefficient (Wildman–Crippen LogP) is 3.22. The van der Waals surface area contributed by atoms with Gasteiger partial charge in [0.05, 0.1) is 11.2 Å². The molecule has 1 atom stereocenters. The van der Waals surface area contributed by atoms with E-state index in [2.05, 4.69) is 52.8 Å². The van der Waals surface area contributed by atoms with Gasteiger partial charge in [0.1, 0.15) is 5.82 Å². The average molecular weight is 318 g/mol. The van der Waals surface area contributed by atoms with Gasteiger partial charge in [-0.15, -0.1) is 0 Å². The molecule has 0 radical (unpaired) electrons. The molecule has 3 N–H and O–H groups in total. The van der Waals surface area contributed by atoms with Crippen LogP contribution in [0.15, 0.2) is 54.7 Å². The van der Waals surface area contributed by atoms with Crippen LogP contribution in [0.2, 0.25) is 0 Å². The Kier molecular flexibility index (Phi) is 4.00. The van der Waals surface area contributed by atoms with Crippen molar-refractivity contribution in [2.24, 2.45) is 5.73 Å². The maximum Gasteiger partial charge on any atom is 0.149 e. The number of nitrogens with zero attached hydrogens (tertiary/aromatic N) is 2. The van der Waals surface area contributed by atoms with E-state index in [1.54, 1.807) is 0 Å². The maximum atomic E-state index is 5.85. The number of nitrogens with one attached hydrogen (secondary N) is 1. The summed E-state index contributed by atoms with van der Waals surface area (Å²) in [5, 5.41) is 6.06. The van der Waals surface area contributed by atoms with Gasteiger partial charge in [-0.1, -0.05) is 36.4 Å². The fourth-order valence-electron chi connectivity index (χ4n) is 3.67. The number of nitrogens with two attached hydrogens (primary N) is 1. The van der Waals surface area contributed by atoms with Crippen molar-refractivity contribution in [2.75, 3.05) is 13.1 Å². The second kappa shape index (κ2) is 6.30. The Morgan fingerprint density at radius 2 is 1.96 bits per heavy atom. The molecule has 0 amide bonds. The van der Waals surface area contributed by atoms with E-state index in [-0.39, 0.29) is 5.54 Å². The van der Waals surface area contributed by atoms with Crippen LogP contribution in [0.25, 0.3) is 22.0 Å². The maximum absolute atomic E-state index is 5.85. The highest BCUT2D eigenvalue weighted by Gasteiger charge is 2.37. The van der Waals surface area contributed by atoms with Gasteiger partial charge in [0, 0.05) is 11.8 Å². The van der Waals surface area contributed by atoms with Crippen molar-refractivity contribution in [3.63, 3.8) is 0 Å². The highest BCUT2D eigenvalue weighted by molar-refractivity contribution is 5.86. The minimum absolute atomic E-state index is 0.165. The zero-order valence-electron chi connectivity index (χ0n) is 13.7. The van der Waals surface area contributed by atoms with Crippen LogP contribution in [0, 0.1) is 0 Å². The van der Waals surface area contributed by atoms with Crippen LogP contribution in [0.1, 0.15) is 25.1 Å². The molecule has 1 fully saturated rings. The Bertz CT molecular complexity index is 853. The summed E-state index contributed by atoms with van der Waals surface area (Å²) in [6.07, 6.45) is 4.92. The van der Waals surface area contributed by atoms with E-state index in [1.165, 1.54) is 10.8 Å². The van der Waals surface area contributed by atoms with Gasteiger partial charge in [0.2, 0.25) is 0 Å². The molecule has 4 nitrogen and oxygen atoms in total. The summed E-state index contributed by atoms with van der Waals surface area (Å²) in [4.78, 5) is 9.46. The second-order valence-corrected chi connectivity index (χ2v) is 6.48. The normalized spacial score (nSPS) is 20.5. The fourth-order valence-corrected chi connectivity index (χ4v) is 3.67. The molecule has 2 aromatic carbocycles. The Morgan fingerprint density at radius 3 is 2.75 bits per heavy atom. The molecule has 0 aliphatic carbocycles. The van der Waals surface area contributed by atoms with E-state index >= 15 is 0 Å². The molecule has 1 aliphatic heterocycles. The van der Waals surface area contributed by atoms with E-state index < -0.39 is 0 Å². The van der Waals surface area contributed by atoms with Crippen molar-refractivity contribution < 1.29 is 0 Å². The monoisotopic (exact) mass is 318 g/mol. The van der Waals surface area contributed by atoms with Crippen molar-refractivity contribution in [3.8, 4) is 11.3 Å². The molecule has 0 saturated carbocycles.